The van der Waals surface area contributed by atoms with Crippen molar-refractivity contribution in [1.82, 2.24) is 4.90 Å². The lowest BCUT2D eigenvalue weighted by Gasteiger charge is -2.15. The van der Waals surface area contributed by atoms with Crippen LogP contribution < -0.4 is 0 Å². The van der Waals surface area contributed by atoms with Crippen molar-refractivity contribution in [2.24, 2.45) is 0 Å². The molecule has 0 radical (unpaired) electrons. The molecule has 1 N–H and O–H groups in total. The SMILES string of the molecule is CN(CCCC(=O)O)CCc1ccccc1. The topological polar surface area (TPSA) is 40.5 Å². The van der Waals surface area contributed by atoms with E-state index in [0.29, 0.717) is 0 Å². The van der Waals surface area contributed by atoms with Crippen LogP contribution in [0.3, 0.4) is 0 Å². The van der Waals surface area contributed by atoms with Crippen LogP contribution in [0.1, 0.15) is 18.4 Å². The normalized spacial score (nSPS) is 10.6. The summed E-state index contributed by atoms with van der Waals surface area (Å²) in [7, 11) is 2.03. The highest BCUT2D eigenvalue weighted by Crippen LogP contribution is 2.01. The van der Waals surface area contributed by atoms with E-state index in [0.717, 1.165) is 25.9 Å². The number of benzene rings is 1. The smallest absolute Gasteiger partial charge is 0.303 e. The summed E-state index contributed by atoms with van der Waals surface area (Å²) in [4.78, 5) is 12.5. The molecular formula is C13H19NO2. The molecule has 0 heterocycles. The fraction of sp³-hybridized carbons (Fsp3) is 0.462. The highest BCUT2D eigenvalue weighted by Gasteiger charge is 2.01. The molecule has 0 bridgehead atoms. The Kier molecular flexibility index (Phi) is 5.57. The molecule has 16 heavy (non-hydrogen) atoms. The number of rotatable bonds is 7. The molecule has 0 unspecified atom stereocenters. The van der Waals surface area contributed by atoms with Crippen LogP contribution in [0.15, 0.2) is 30.3 Å². The number of aliphatic carboxylic acids is 1. The molecule has 0 atom stereocenters. The third kappa shape index (κ3) is 5.51. The van der Waals surface area contributed by atoms with Crippen LogP contribution in [0.2, 0.25) is 0 Å². The lowest BCUT2D eigenvalue weighted by molar-refractivity contribution is -0.137. The number of hydrogen-bond donors (Lipinski definition) is 1. The predicted molar refractivity (Wildman–Crippen MR) is 64.5 cm³/mol. The minimum atomic E-state index is -0.712. The molecule has 0 aliphatic heterocycles. The quantitative estimate of drug-likeness (QED) is 0.766. The van der Waals surface area contributed by atoms with Gasteiger partial charge in [0.05, 0.1) is 0 Å². The Bertz CT molecular complexity index is 311. The van der Waals surface area contributed by atoms with Crippen molar-refractivity contribution in [3.05, 3.63) is 35.9 Å². The highest BCUT2D eigenvalue weighted by atomic mass is 16.4. The number of carboxylic acid groups (broad SMARTS) is 1. The van der Waals surface area contributed by atoms with Crippen molar-refractivity contribution in [3.8, 4) is 0 Å². The zero-order valence-electron chi connectivity index (χ0n) is 9.72. The number of hydrogen-bond acceptors (Lipinski definition) is 2. The van der Waals surface area contributed by atoms with Gasteiger partial charge in [0.15, 0.2) is 0 Å². The predicted octanol–water partition coefficient (Wildman–Crippen LogP) is 2.03. The maximum absolute atomic E-state index is 10.3. The molecule has 0 amide bonds. The van der Waals surface area contributed by atoms with Crippen molar-refractivity contribution in [2.45, 2.75) is 19.3 Å². The Balaban J connectivity index is 2.15. The summed E-state index contributed by atoms with van der Waals surface area (Å²) in [5, 5.41) is 8.52. The monoisotopic (exact) mass is 221 g/mol. The lowest BCUT2D eigenvalue weighted by Crippen LogP contribution is -2.22. The van der Waals surface area contributed by atoms with Gasteiger partial charge >= 0.3 is 5.97 Å². The lowest BCUT2D eigenvalue weighted by atomic mass is 10.1. The maximum atomic E-state index is 10.3. The summed E-state index contributed by atoms with van der Waals surface area (Å²) in [5.41, 5.74) is 1.33. The average molecular weight is 221 g/mol. The van der Waals surface area contributed by atoms with E-state index < -0.39 is 5.97 Å². The molecule has 0 aromatic heterocycles. The van der Waals surface area contributed by atoms with E-state index in [4.69, 9.17) is 5.11 Å². The fourth-order valence-electron chi connectivity index (χ4n) is 1.58. The minimum Gasteiger partial charge on any atom is -0.481 e. The Morgan fingerprint density at radius 3 is 2.56 bits per heavy atom. The first-order chi connectivity index (χ1) is 7.68. The van der Waals surface area contributed by atoms with E-state index in [1.807, 2.05) is 25.2 Å². The van der Waals surface area contributed by atoms with Crippen molar-refractivity contribution < 1.29 is 9.90 Å². The summed E-state index contributed by atoms with van der Waals surface area (Å²) >= 11 is 0. The third-order valence-electron chi connectivity index (χ3n) is 2.56. The van der Waals surface area contributed by atoms with Gasteiger partial charge in [-0.1, -0.05) is 30.3 Å². The van der Waals surface area contributed by atoms with Crippen molar-refractivity contribution in [2.75, 3.05) is 20.1 Å². The van der Waals surface area contributed by atoms with E-state index in [1.54, 1.807) is 0 Å². The number of likely N-dealkylation sites (N-methyl/N-ethyl adjacent to an activating group) is 1. The summed E-state index contributed by atoms with van der Waals surface area (Å²) in [5.74, 6) is -0.712. The first-order valence-corrected chi connectivity index (χ1v) is 5.63. The van der Waals surface area contributed by atoms with Gasteiger partial charge in [0, 0.05) is 13.0 Å². The second kappa shape index (κ2) is 7.01. The van der Waals surface area contributed by atoms with Gasteiger partial charge in [-0.05, 0) is 32.0 Å². The molecule has 0 aliphatic carbocycles. The summed E-state index contributed by atoms with van der Waals surface area (Å²) < 4.78 is 0. The van der Waals surface area contributed by atoms with E-state index in [1.165, 1.54) is 5.56 Å². The zero-order chi connectivity index (χ0) is 11.8. The van der Waals surface area contributed by atoms with Crippen molar-refractivity contribution >= 4 is 5.97 Å². The molecule has 0 saturated heterocycles. The molecule has 1 rings (SSSR count). The van der Waals surface area contributed by atoms with Crippen LogP contribution in [-0.4, -0.2) is 36.1 Å². The summed E-state index contributed by atoms with van der Waals surface area (Å²) in [6.45, 7) is 1.82. The van der Waals surface area contributed by atoms with Crippen LogP contribution in [0.4, 0.5) is 0 Å². The molecule has 1 aromatic carbocycles. The van der Waals surface area contributed by atoms with Gasteiger partial charge < -0.3 is 10.0 Å². The molecule has 0 fully saturated rings. The first kappa shape index (κ1) is 12.7. The Morgan fingerprint density at radius 1 is 1.25 bits per heavy atom. The summed E-state index contributed by atoms with van der Waals surface area (Å²) in [6, 6.07) is 10.3. The van der Waals surface area contributed by atoms with Crippen LogP contribution in [-0.2, 0) is 11.2 Å². The van der Waals surface area contributed by atoms with E-state index in [9.17, 15) is 4.79 Å². The third-order valence-corrected chi connectivity index (χ3v) is 2.56. The molecule has 1 aromatic rings. The number of nitrogens with zero attached hydrogens (tertiary/aromatic N) is 1. The molecule has 88 valence electrons. The Labute approximate surface area is 96.7 Å². The molecule has 0 spiro atoms. The van der Waals surface area contributed by atoms with E-state index in [-0.39, 0.29) is 6.42 Å². The van der Waals surface area contributed by atoms with Crippen LogP contribution in [0.25, 0.3) is 0 Å². The van der Waals surface area contributed by atoms with Gasteiger partial charge in [0.1, 0.15) is 0 Å². The Hall–Kier alpha value is -1.35. The first-order valence-electron chi connectivity index (χ1n) is 5.63. The molecule has 3 nitrogen and oxygen atoms in total. The van der Waals surface area contributed by atoms with Gasteiger partial charge in [-0.15, -0.1) is 0 Å². The standard InChI is InChI=1S/C13H19NO2/c1-14(10-5-8-13(15)16)11-9-12-6-3-2-4-7-12/h2-4,6-7H,5,8-11H2,1H3,(H,15,16). The average Bonchev–Trinajstić information content (AvgIpc) is 2.27. The minimum absolute atomic E-state index is 0.260. The molecule has 0 aliphatic rings. The highest BCUT2D eigenvalue weighted by molar-refractivity contribution is 5.66. The van der Waals surface area contributed by atoms with Gasteiger partial charge in [-0.2, -0.15) is 0 Å². The van der Waals surface area contributed by atoms with Crippen LogP contribution in [0.5, 0.6) is 0 Å². The fourth-order valence-corrected chi connectivity index (χ4v) is 1.58. The van der Waals surface area contributed by atoms with Gasteiger partial charge in [-0.3, -0.25) is 4.79 Å². The van der Waals surface area contributed by atoms with Crippen molar-refractivity contribution in [1.29, 1.82) is 0 Å². The van der Waals surface area contributed by atoms with Gasteiger partial charge in [0.2, 0.25) is 0 Å². The molecule has 0 saturated carbocycles. The Morgan fingerprint density at radius 2 is 1.94 bits per heavy atom. The molecular weight excluding hydrogens is 202 g/mol. The zero-order valence-corrected chi connectivity index (χ0v) is 9.72. The van der Waals surface area contributed by atoms with Crippen LogP contribution in [0, 0.1) is 0 Å². The number of carbonyl (C=O) groups is 1. The second-order valence-electron chi connectivity index (χ2n) is 4.04. The summed E-state index contributed by atoms with van der Waals surface area (Å²) in [6.07, 6.45) is 2.00. The van der Waals surface area contributed by atoms with E-state index in [2.05, 4.69) is 17.0 Å². The van der Waals surface area contributed by atoms with E-state index >= 15 is 0 Å². The van der Waals surface area contributed by atoms with Gasteiger partial charge in [0.25, 0.3) is 0 Å². The number of carboxylic acids is 1. The van der Waals surface area contributed by atoms with Crippen LogP contribution >= 0.6 is 0 Å². The maximum Gasteiger partial charge on any atom is 0.303 e. The molecule has 3 heteroatoms. The largest absolute Gasteiger partial charge is 0.481 e. The van der Waals surface area contributed by atoms with Crippen molar-refractivity contribution in [3.63, 3.8) is 0 Å². The second-order valence-corrected chi connectivity index (χ2v) is 4.04. The van der Waals surface area contributed by atoms with Gasteiger partial charge in [-0.25, -0.2) is 0 Å².